The molecule has 12 heteroatoms. The highest BCUT2D eigenvalue weighted by atomic mass is 35.5. The zero-order valence-corrected chi connectivity index (χ0v) is 16.2. The number of alkyl halides is 3. The van der Waals surface area contributed by atoms with Crippen LogP contribution in [0.5, 0.6) is 0 Å². The van der Waals surface area contributed by atoms with Crippen LogP contribution in [0.4, 0.5) is 19.0 Å². The van der Waals surface area contributed by atoms with E-state index in [1.165, 1.54) is 18.2 Å². The molecule has 2 heterocycles. The van der Waals surface area contributed by atoms with E-state index in [0.717, 1.165) is 10.8 Å². The van der Waals surface area contributed by atoms with Crippen molar-refractivity contribution in [2.45, 2.75) is 6.18 Å². The van der Waals surface area contributed by atoms with Crippen LogP contribution in [0.2, 0.25) is 15.1 Å². The van der Waals surface area contributed by atoms with E-state index in [1.54, 1.807) is 6.07 Å². The van der Waals surface area contributed by atoms with Crippen molar-refractivity contribution in [1.82, 2.24) is 14.5 Å². The number of pyridine rings is 1. The Morgan fingerprint density at radius 2 is 1.72 bits per heavy atom. The highest BCUT2D eigenvalue weighted by molar-refractivity contribution is 6.40. The number of benzene rings is 1. The number of halogens is 6. The predicted molar refractivity (Wildman–Crippen MR) is 102 cm³/mol. The lowest BCUT2D eigenvalue weighted by Gasteiger charge is -2.11. The molecule has 0 saturated carbocycles. The van der Waals surface area contributed by atoms with Crippen molar-refractivity contribution in [2.75, 3.05) is 5.32 Å². The van der Waals surface area contributed by atoms with Gasteiger partial charge in [-0.1, -0.05) is 40.9 Å². The summed E-state index contributed by atoms with van der Waals surface area (Å²) in [6.45, 7) is 0. The van der Waals surface area contributed by atoms with Crippen molar-refractivity contribution < 1.29 is 18.0 Å². The number of hydrogen-bond donors (Lipinski definition) is 1. The molecule has 29 heavy (non-hydrogen) atoms. The van der Waals surface area contributed by atoms with E-state index >= 15 is 0 Å². The van der Waals surface area contributed by atoms with E-state index in [-0.39, 0.29) is 27.2 Å². The van der Waals surface area contributed by atoms with Gasteiger partial charge in [0.25, 0.3) is 5.91 Å². The second-order valence-electron chi connectivity index (χ2n) is 5.54. The molecule has 3 aromatic rings. The molecule has 0 spiro atoms. The molecule has 150 valence electrons. The van der Waals surface area contributed by atoms with Gasteiger partial charge in [-0.3, -0.25) is 9.36 Å². The van der Waals surface area contributed by atoms with Gasteiger partial charge in [-0.2, -0.15) is 18.2 Å². The van der Waals surface area contributed by atoms with Crippen LogP contribution in [0.25, 0.3) is 5.82 Å². The van der Waals surface area contributed by atoms with E-state index < -0.39 is 28.4 Å². The number of hydrogen-bond acceptors (Lipinski definition) is 4. The van der Waals surface area contributed by atoms with Gasteiger partial charge >= 0.3 is 11.9 Å². The summed E-state index contributed by atoms with van der Waals surface area (Å²) in [5.41, 5.74) is -2.00. The van der Waals surface area contributed by atoms with Crippen LogP contribution in [-0.4, -0.2) is 20.4 Å². The molecule has 1 amide bonds. The maximum Gasteiger partial charge on any atom is 0.417 e. The van der Waals surface area contributed by atoms with Crippen molar-refractivity contribution in [3.05, 3.63) is 79.4 Å². The second-order valence-corrected chi connectivity index (χ2v) is 6.76. The van der Waals surface area contributed by atoms with Crippen LogP contribution in [0.1, 0.15) is 15.9 Å². The Kier molecular flexibility index (Phi) is 5.83. The Bertz CT molecular complexity index is 1150. The molecule has 0 unspecified atom stereocenters. The quantitative estimate of drug-likeness (QED) is 0.602. The van der Waals surface area contributed by atoms with Gasteiger partial charge in [-0.25, -0.2) is 9.78 Å². The Hall–Kier alpha value is -2.62. The zero-order valence-electron chi connectivity index (χ0n) is 14.0. The van der Waals surface area contributed by atoms with Crippen molar-refractivity contribution >= 4 is 46.5 Å². The Labute approximate surface area is 175 Å². The van der Waals surface area contributed by atoms with Crippen LogP contribution in [0.15, 0.2) is 47.5 Å². The van der Waals surface area contributed by atoms with Crippen LogP contribution in [0, 0.1) is 0 Å². The lowest BCUT2D eigenvalue weighted by atomic mass is 10.2. The highest BCUT2D eigenvalue weighted by Crippen LogP contribution is 2.31. The minimum atomic E-state index is -4.63. The van der Waals surface area contributed by atoms with E-state index in [0.29, 0.717) is 12.3 Å². The van der Waals surface area contributed by atoms with E-state index in [4.69, 9.17) is 34.8 Å². The summed E-state index contributed by atoms with van der Waals surface area (Å²) in [5, 5.41) is 2.17. The number of amides is 1. The third-order valence-corrected chi connectivity index (χ3v) is 4.52. The number of aromatic nitrogens is 3. The first-order valence-electron chi connectivity index (χ1n) is 7.66. The average Bonchev–Trinajstić information content (AvgIpc) is 2.61. The highest BCUT2D eigenvalue weighted by Gasteiger charge is 2.31. The van der Waals surface area contributed by atoms with Crippen molar-refractivity contribution in [3.8, 4) is 5.82 Å². The van der Waals surface area contributed by atoms with Crippen molar-refractivity contribution in [3.63, 3.8) is 0 Å². The molecule has 2 aromatic heterocycles. The average molecular weight is 464 g/mol. The largest absolute Gasteiger partial charge is 0.417 e. The number of nitrogens with zero attached hydrogens (tertiary/aromatic N) is 3. The molecule has 0 atom stereocenters. The van der Waals surface area contributed by atoms with E-state index in [9.17, 15) is 22.8 Å². The van der Waals surface area contributed by atoms with Gasteiger partial charge < -0.3 is 5.32 Å². The summed E-state index contributed by atoms with van der Waals surface area (Å²) in [7, 11) is 0. The summed E-state index contributed by atoms with van der Waals surface area (Å²) in [4.78, 5) is 31.8. The number of rotatable bonds is 3. The molecule has 0 fully saturated rings. The summed E-state index contributed by atoms with van der Waals surface area (Å²) in [6.07, 6.45) is -2.93. The molecule has 0 aliphatic rings. The number of anilines is 1. The molecule has 0 aliphatic heterocycles. The summed E-state index contributed by atoms with van der Waals surface area (Å²) in [6, 6.07) is 6.37. The third-order valence-electron chi connectivity index (χ3n) is 3.61. The van der Waals surface area contributed by atoms with Crippen molar-refractivity contribution in [2.24, 2.45) is 0 Å². The minimum Gasteiger partial charge on any atom is -0.306 e. The lowest BCUT2D eigenvalue weighted by molar-refractivity contribution is -0.137. The van der Waals surface area contributed by atoms with E-state index in [1.807, 2.05) is 0 Å². The first-order valence-corrected chi connectivity index (χ1v) is 8.79. The third kappa shape index (κ3) is 4.52. The van der Waals surface area contributed by atoms with Gasteiger partial charge in [0.1, 0.15) is 5.82 Å². The topological polar surface area (TPSA) is 76.9 Å². The number of carbonyl (C=O) groups excluding carboxylic acids is 1. The zero-order chi connectivity index (χ0) is 21.3. The monoisotopic (exact) mass is 462 g/mol. The Balaban J connectivity index is 1.90. The van der Waals surface area contributed by atoms with Gasteiger partial charge in [0.2, 0.25) is 0 Å². The smallest absolute Gasteiger partial charge is 0.306 e. The first-order chi connectivity index (χ1) is 13.6. The van der Waals surface area contributed by atoms with Gasteiger partial charge in [0.05, 0.1) is 26.2 Å². The fourth-order valence-corrected chi connectivity index (χ4v) is 3.12. The van der Waals surface area contributed by atoms with Crippen molar-refractivity contribution in [1.29, 1.82) is 0 Å². The number of carbonyl (C=O) groups is 1. The number of nitrogens with one attached hydrogen (secondary N) is 1. The summed E-state index contributed by atoms with van der Waals surface area (Å²) in [5.74, 6) is -1.07. The molecular weight excluding hydrogens is 456 g/mol. The molecule has 0 saturated heterocycles. The fourth-order valence-electron chi connectivity index (χ4n) is 2.29. The molecule has 1 N–H and O–H groups in total. The SMILES string of the molecule is O=C(Nc1ccn(-c2ncc(C(F)(F)F)cc2Cl)c(=O)n1)c1c(Cl)cccc1Cl. The molecular formula is C17H8Cl3F3N4O2. The first kappa shape index (κ1) is 21.1. The van der Waals surface area contributed by atoms with Crippen LogP contribution >= 0.6 is 34.8 Å². The molecule has 0 radical (unpaired) electrons. The standard InChI is InChI=1S/C17H8Cl3F3N4O2/c18-9-2-1-3-10(19)13(9)15(28)25-12-4-5-27(16(29)26-12)14-11(20)6-8(7-24-14)17(21,22)23/h1-7H,(H,25,26,28,29). The van der Waals surface area contributed by atoms with Gasteiger partial charge in [-0.15, -0.1) is 0 Å². The minimum absolute atomic E-state index is 0.00531. The van der Waals surface area contributed by atoms with Crippen LogP contribution < -0.4 is 11.0 Å². The van der Waals surface area contributed by atoms with Gasteiger partial charge in [0, 0.05) is 12.4 Å². The maximum atomic E-state index is 12.7. The predicted octanol–water partition coefficient (Wildman–Crippen LogP) is 4.86. The molecule has 6 nitrogen and oxygen atoms in total. The fraction of sp³-hybridized carbons (Fsp3) is 0.0588. The molecule has 0 bridgehead atoms. The van der Waals surface area contributed by atoms with Crippen LogP contribution in [-0.2, 0) is 6.18 Å². The molecule has 1 aromatic carbocycles. The summed E-state index contributed by atoms with van der Waals surface area (Å²) < 4.78 is 39.0. The summed E-state index contributed by atoms with van der Waals surface area (Å²) >= 11 is 17.7. The molecule has 3 rings (SSSR count). The molecule has 0 aliphatic carbocycles. The normalized spacial score (nSPS) is 11.4. The second kappa shape index (κ2) is 8.02. The van der Waals surface area contributed by atoms with Crippen LogP contribution in [0.3, 0.4) is 0 Å². The Morgan fingerprint density at radius 1 is 1.07 bits per heavy atom. The van der Waals surface area contributed by atoms with Gasteiger partial charge in [-0.05, 0) is 24.3 Å². The lowest BCUT2D eigenvalue weighted by Crippen LogP contribution is -2.25. The Morgan fingerprint density at radius 3 is 2.28 bits per heavy atom. The maximum absolute atomic E-state index is 12.7. The van der Waals surface area contributed by atoms with Gasteiger partial charge in [0.15, 0.2) is 5.82 Å². The van der Waals surface area contributed by atoms with E-state index in [2.05, 4.69) is 15.3 Å².